The van der Waals surface area contributed by atoms with E-state index in [4.69, 9.17) is 4.74 Å². The van der Waals surface area contributed by atoms with Gasteiger partial charge in [-0.2, -0.15) is 18.4 Å². The highest BCUT2D eigenvalue weighted by molar-refractivity contribution is 7.93. The zero-order chi connectivity index (χ0) is 26.3. The minimum absolute atomic E-state index is 0.0119. The molecule has 1 fully saturated rings. The van der Waals surface area contributed by atoms with Crippen LogP contribution in [0, 0.1) is 18.3 Å². The quantitative estimate of drug-likeness (QED) is 0.436. The normalized spacial score (nSPS) is 13.9. The standard InChI is InChI=1S/C24H22F3N5O3S/c1-13(2)36(33,34)32-19-7-6-18(17-9-15(10-28)11-29-12-17)30-23(19)35-22-14(3)8-20(24(25,26)27)31-21(22)16-4-5-16/h6-9,11-13,16,32H,4-5H2,1-3H3. The number of hydrogen-bond donors (Lipinski definition) is 1. The second kappa shape index (κ2) is 9.39. The lowest BCUT2D eigenvalue weighted by atomic mass is 10.1. The van der Waals surface area contributed by atoms with Crippen LogP contribution in [0.5, 0.6) is 11.6 Å². The van der Waals surface area contributed by atoms with Crippen molar-refractivity contribution in [1.29, 1.82) is 5.26 Å². The highest BCUT2D eigenvalue weighted by atomic mass is 32.2. The minimum Gasteiger partial charge on any atom is -0.435 e. The Balaban J connectivity index is 1.84. The van der Waals surface area contributed by atoms with E-state index in [1.807, 2.05) is 6.07 Å². The highest BCUT2D eigenvalue weighted by Crippen LogP contribution is 2.47. The SMILES string of the molecule is Cc1cc(C(F)(F)F)nc(C2CC2)c1Oc1nc(-c2cncc(C#N)c2)ccc1NS(=O)(=O)C(C)C. The fourth-order valence-corrected chi connectivity index (χ4v) is 4.06. The van der Waals surface area contributed by atoms with Gasteiger partial charge in [-0.15, -0.1) is 0 Å². The van der Waals surface area contributed by atoms with E-state index in [9.17, 15) is 26.9 Å². The monoisotopic (exact) mass is 517 g/mol. The first kappa shape index (κ1) is 25.4. The second-order valence-electron chi connectivity index (χ2n) is 8.73. The summed E-state index contributed by atoms with van der Waals surface area (Å²) >= 11 is 0. The lowest BCUT2D eigenvalue weighted by molar-refractivity contribution is -0.141. The number of nitrogens with one attached hydrogen (secondary N) is 1. The summed E-state index contributed by atoms with van der Waals surface area (Å²) in [5, 5.41) is 8.42. The molecule has 1 N–H and O–H groups in total. The molecule has 0 radical (unpaired) electrons. The molecule has 1 aliphatic carbocycles. The number of alkyl halides is 3. The van der Waals surface area contributed by atoms with Crippen LogP contribution in [0.1, 0.15) is 55.1 Å². The van der Waals surface area contributed by atoms with Crippen molar-refractivity contribution in [3.05, 3.63) is 59.2 Å². The Hall–Kier alpha value is -3.72. The summed E-state index contributed by atoms with van der Waals surface area (Å²) in [6, 6.07) is 7.41. The zero-order valence-corrected chi connectivity index (χ0v) is 20.4. The number of aryl methyl sites for hydroxylation is 1. The molecule has 0 atom stereocenters. The summed E-state index contributed by atoms with van der Waals surface area (Å²) < 4.78 is 73.8. The highest BCUT2D eigenvalue weighted by Gasteiger charge is 2.37. The molecule has 0 amide bonds. The zero-order valence-electron chi connectivity index (χ0n) is 19.6. The predicted molar refractivity (Wildman–Crippen MR) is 126 cm³/mol. The van der Waals surface area contributed by atoms with Gasteiger partial charge in [0.05, 0.1) is 22.2 Å². The van der Waals surface area contributed by atoms with Crippen LogP contribution in [0.15, 0.2) is 36.7 Å². The number of ether oxygens (including phenoxy) is 1. The van der Waals surface area contributed by atoms with Crippen molar-refractivity contribution >= 4 is 15.7 Å². The van der Waals surface area contributed by atoms with E-state index in [0.717, 1.165) is 6.07 Å². The summed E-state index contributed by atoms with van der Waals surface area (Å²) in [7, 11) is -3.79. The molecule has 0 spiro atoms. The van der Waals surface area contributed by atoms with Crippen molar-refractivity contribution in [2.24, 2.45) is 0 Å². The number of halogens is 3. The van der Waals surface area contributed by atoms with Gasteiger partial charge in [-0.25, -0.2) is 18.4 Å². The van der Waals surface area contributed by atoms with Gasteiger partial charge < -0.3 is 4.74 Å². The molecule has 3 aromatic heterocycles. The van der Waals surface area contributed by atoms with Gasteiger partial charge in [0.1, 0.15) is 17.5 Å². The number of aromatic nitrogens is 3. The molecule has 36 heavy (non-hydrogen) atoms. The Labute approximate surface area is 206 Å². The molecular formula is C24H22F3N5O3S. The van der Waals surface area contributed by atoms with Gasteiger partial charge >= 0.3 is 6.18 Å². The molecule has 1 aliphatic rings. The van der Waals surface area contributed by atoms with Gasteiger partial charge in [0.15, 0.2) is 5.75 Å². The lowest BCUT2D eigenvalue weighted by Crippen LogP contribution is -2.23. The fourth-order valence-electron chi connectivity index (χ4n) is 3.36. The van der Waals surface area contributed by atoms with Crippen LogP contribution in [0.4, 0.5) is 18.9 Å². The molecule has 0 saturated heterocycles. The first-order valence-electron chi connectivity index (χ1n) is 11.0. The summed E-state index contributed by atoms with van der Waals surface area (Å²) in [6.45, 7) is 4.47. The number of rotatable bonds is 7. The molecule has 4 rings (SSSR count). The van der Waals surface area contributed by atoms with Crippen LogP contribution in [0.3, 0.4) is 0 Å². The number of nitrogens with zero attached hydrogens (tertiary/aromatic N) is 4. The van der Waals surface area contributed by atoms with E-state index in [2.05, 4.69) is 19.7 Å². The third kappa shape index (κ3) is 5.41. The van der Waals surface area contributed by atoms with E-state index in [1.54, 1.807) is 6.07 Å². The van der Waals surface area contributed by atoms with Crippen LogP contribution in [-0.2, 0) is 16.2 Å². The van der Waals surface area contributed by atoms with E-state index in [0.29, 0.717) is 29.7 Å². The van der Waals surface area contributed by atoms with Crippen LogP contribution >= 0.6 is 0 Å². The molecule has 1 saturated carbocycles. The Bertz CT molecular complexity index is 1460. The Morgan fingerprint density at radius 1 is 1.17 bits per heavy atom. The maximum Gasteiger partial charge on any atom is 0.433 e. The van der Waals surface area contributed by atoms with Gasteiger partial charge in [0.2, 0.25) is 15.9 Å². The summed E-state index contributed by atoms with van der Waals surface area (Å²) in [5.74, 6) is -0.258. The largest absolute Gasteiger partial charge is 0.435 e. The average Bonchev–Trinajstić information content (AvgIpc) is 3.65. The second-order valence-corrected chi connectivity index (χ2v) is 11.0. The predicted octanol–water partition coefficient (Wildman–Crippen LogP) is 5.56. The fraction of sp³-hybridized carbons (Fsp3) is 0.333. The van der Waals surface area contributed by atoms with Crippen LogP contribution in [-0.4, -0.2) is 28.6 Å². The van der Waals surface area contributed by atoms with Gasteiger partial charge in [0, 0.05) is 23.9 Å². The van der Waals surface area contributed by atoms with Gasteiger partial charge in [-0.1, -0.05) is 0 Å². The minimum atomic E-state index is -4.62. The molecular weight excluding hydrogens is 495 g/mol. The van der Waals surface area contributed by atoms with Crippen molar-refractivity contribution in [3.63, 3.8) is 0 Å². The number of nitriles is 1. The van der Waals surface area contributed by atoms with Crippen LogP contribution in [0.25, 0.3) is 11.3 Å². The molecule has 3 heterocycles. The first-order valence-corrected chi connectivity index (χ1v) is 12.6. The van der Waals surface area contributed by atoms with E-state index >= 15 is 0 Å². The molecule has 3 aromatic rings. The van der Waals surface area contributed by atoms with Crippen LogP contribution in [0.2, 0.25) is 0 Å². The Kier molecular flexibility index (Phi) is 6.62. The number of sulfonamides is 1. The van der Waals surface area contributed by atoms with Crippen molar-refractivity contribution in [1.82, 2.24) is 15.0 Å². The van der Waals surface area contributed by atoms with Gasteiger partial charge in [-0.05, 0) is 63.4 Å². The summed E-state index contributed by atoms with van der Waals surface area (Å²) in [4.78, 5) is 12.3. The first-order chi connectivity index (χ1) is 16.9. The summed E-state index contributed by atoms with van der Waals surface area (Å²) in [6.07, 6.45) is -0.438. The number of pyridine rings is 3. The lowest BCUT2D eigenvalue weighted by Gasteiger charge is -2.19. The molecule has 0 aromatic carbocycles. The van der Waals surface area contributed by atoms with E-state index in [-0.39, 0.29) is 34.5 Å². The maximum atomic E-state index is 13.4. The van der Waals surface area contributed by atoms with E-state index in [1.165, 1.54) is 45.3 Å². The van der Waals surface area contributed by atoms with Crippen molar-refractivity contribution in [2.45, 2.75) is 51.0 Å². The van der Waals surface area contributed by atoms with Gasteiger partial charge in [-0.3, -0.25) is 9.71 Å². The third-order valence-corrected chi connectivity index (χ3v) is 7.28. The van der Waals surface area contributed by atoms with Crippen molar-refractivity contribution in [3.8, 4) is 29.0 Å². The Morgan fingerprint density at radius 3 is 2.50 bits per heavy atom. The molecule has 0 bridgehead atoms. The average molecular weight is 518 g/mol. The van der Waals surface area contributed by atoms with E-state index < -0.39 is 27.1 Å². The molecule has 0 unspecified atom stereocenters. The Morgan fingerprint density at radius 2 is 1.89 bits per heavy atom. The topological polar surface area (TPSA) is 118 Å². The smallest absolute Gasteiger partial charge is 0.433 e. The molecule has 8 nitrogen and oxygen atoms in total. The van der Waals surface area contributed by atoms with Gasteiger partial charge in [0.25, 0.3) is 0 Å². The number of anilines is 1. The molecule has 0 aliphatic heterocycles. The molecule has 12 heteroatoms. The number of hydrogen-bond acceptors (Lipinski definition) is 7. The van der Waals surface area contributed by atoms with Crippen LogP contribution < -0.4 is 9.46 Å². The third-order valence-electron chi connectivity index (χ3n) is 5.53. The molecule has 188 valence electrons. The van der Waals surface area contributed by atoms with Crippen molar-refractivity contribution < 1.29 is 26.3 Å². The van der Waals surface area contributed by atoms with Crippen molar-refractivity contribution in [2.75, 3.05) is 4.72 Å². The summed E-state index contributed by atoms with van der Waals surface area (Å²) in [5.41, 5.74) is 0.432. The maximum absolute atomic E-state index is 13.4.